The summed E-state index contributed by atoms with van der Waals surface area (Å²) in [6.07, 6.45) is 1.68. The van der Waals surface area contributed by atoms with E-state index >= 15 is 0 Å². The molecule has 0 unspecified atom stereocenters. The summed E-state index contributed by atoms with van der Waals surface area (Å²) in [5.41, 5.74) is 2.49. The zero-order chi connectivity index (χ0) is 19.2. The Morgan fingerprint density at radius 2 is 1.56 bits per heavy atom. The van der Waals surface area contributed by atoms with Gasteiger partial charge >= 0.3 is 0 Å². The van der Waals surface area contributed by atoms with Gasteiger partial charge < -0.3 is 4.90 Å². The molecule has 0 aromatic heterocycles. The van der Waals surface area contributed by atoms with Crippen molar-refractivity contribution in [2.24, 2.45) is 0 Å². The topological polar surface area (TPSA) is 40.6 Å². The Labute approximate surface area is 158 Å². The molecule has 0 N–H and O–H groups in total. The summed E-state index contributed by atoms with van der Waals surface area (Å²) < 4.78 is 13.0. The zero-order valence-electron chi connectivity index (χ0n) is 15.4. The fourth-order valence-corrected chi connectivity index (χ4v) is 3.12. The molecule has 1 aliphatic rings. The smallest absolute Gasteiger partial charge is 0.246 e. The highest BCUT2D eigenvalue weighted by Crippen LogP contribution is 2.14. The van der Waals surface area contributed by atoms with Crippen molar-refractivity contribution < 1.29 is 14.0 Å². The molecular formula is C22H23FN2O2. The van der Waals surface area contributed by atoms with Gasteiger partial charge in [0.25, 0.3) is 0 Å². The molecule has 0 atom stereocenters. The van der Waals surface area contributed by atoms with Crippen LogP contribution in [-0.4, -0.2) is 54.2 Å². The number of hydrogen-bond donors (Lipinski definition) is 0. The van der Waals surface area contributed by atoms with Crippen LogP contribution in [0.1, 0.15) is 22.8 Å². The fourth-order valence-electron chi connectivity index (χ4n) is 3.12. The summed E-state index contributed by atoms with van der Waals surface area (Å²) in [7, 11) is 0. The lowest BCUT2D eigenvalue weighted by Crippen LogP contribution is -2.49. The predicted molar refractivity (Wildman–Crippen MR) is 104 cm³/mol. The van der Waals surface area contributed by atoms with Crippen LogP contribution >= 0.6 is 0 Å². The molecule has 1 amide bonds. The van der Waals surface area contributed by atoms with Gasteiger partial charge in [-0.3, -0.25) is 14.5 Å². The first-order valence-corrected chi connectivity index (χ1v) is 9.06. The number of carbonyl (C=O) groups is 2. The molecule has 4 nitrogen and oxygen atoms in total. The highest BCUT2D eigenvalue weighted by Gasteiger charge is 2.22. The quantitative estimate of drug-likeness (QED) is 0.602. The summed E-state index contributed by atoms with van der Waals surface area (Å²) in [6.45, 7) is 4.70. The van der Waals surface area contributed by atoms with Crippen molar-refractivity contribution in [2.45, 2.75) is 6.92 Å². The molecule has 1 saturated heterocycles. The van der Waals surface area contributed by atoms with Gasteiger partial charge in [-0.2, -0.15) is 0 Å². The van der Waals surface area contributed by atoms with E-state index in [-0.39, 0.29) is 24.1 Å². The van der Waals surface area contributed by atoms with E-state index < -0.39 is 0 Å². The third kappa shape index (κ3) is 5.11. The number of ketones is 1. The number of amides is 1. The number of allylic oxidation sites excluding steroid dienone is 1. The summed E-state index contributed by atoms with van der Waals surface area (Å²) >= 11 is 0. The molecule has 1 heterocycles. The summed E-state index contributed by atoms with van der Waals surface area (Å²) in [5.74, 6) is -0.381. The van der Waals surface area contributed by atoms with Crippen molar-refractivity contribution in [1.29, 1.82) is 0 Å². The second-order valence-corrected chi connectivity index (χ2v) is 6.72. The maximum atomic E-state index is 13.0. The van der Waals surface area contributed by atoms with E-state index in [1.807, 2.05) is 47.1 Å². The van der Waals surface area contributed by atoms with E-state index in [0.717, 1.165) is 11.1 Å². The number of carbonyl (C=O) groups excluding carboxylic acids is 2. The predicted octanol–water partition coefficient (Wildman–Crippen LogP) is 3.26. The number of Topliss-reactive ketones (excluding diaryl/α,β-unsaturated/α-hetero) is 1. The van der Waals surface area contributed by atoms with Crippen molar-refractivity contribution in [3.05, 3.63) is 77.6 Å². The molecule has 1 aliphatic heterocycles. The monoisotopic (exact) mass is 366 g/mol. The van der Waals surface area contributed by atoms with E-state index in [1.54, 1.807) is 6.08 Å². The Kier molecular flexibility index (Phi) is 6.14. The zero-order valence-corrected chi connectivity index (χ0v) is 15.4. The van der Waals surface area contributed by atoms with Crippen LogP contribution in [0.5, 0.6) is 0 Å². The van der Waals surface area contributed by atoms with Crippen LogP contribution in [-0.2, 0) is 4.79 Å². The van der Waals surface area contributed by atoms with Gasteiger partial charge in [-0.15, -0.1) is 0 Å². The molecule has 0 aliphatic carbocycles. The van der Waals surface area contributed by atoms with Crippen molar-refractivity contribution in [1.82, 2.24) is 9.80 Å². The average Bonchev–Trinajstić information content (AvgIpc) is 2.69. The molecule has 0 bridgehead atoms. The standard InChI is InChI=1S/C22H23FN2O2/c1-17(18-5-3-2-4-6-18)15-22(27)25-13-11-24(12-14-25)16-21(26)19-7-9-20(23)10-8-19/h2-10,15H,11-14,16H2,1H3/b17-15+. The SMILES string of the molecule is C/C(=C\C(=O)N1CCN(CC(=O)c2ccc(F)cc2)CC1)c1ccccc1. The van der Waals surface area contributed by atoms with Gasteiger partial charge in [-0.25, -0.2) is 4.39 Å². The van der Waals surface area contributed by atoms with E-state index in [1.165, 1.54) is 24.3 Å². The summed E-state index contributed by atoms with van der Waals surface area (Å²) in [4.78, 5) is 28.6. The summed E-state index contributed by atoms with van der Waals surface area (Å²) in [5, 5.41) is 0. The lowest BCUT2D eigenvalue weighted by Gasteiger charge is -2.33. The Hall–Kier alpha value is -2.79. The van der Waals surface area contributed by atoms with Gasteiger partial charge in [0, 0.05) is 37.8 Å². The minimum absolute atomic E-state index is 0.000800. The van der Waals surface area contributed by atoms with Crippen LogP contribution in [0, 0.1) is 5.82 Å². The third-order valence-corrected chi connectivity index (χ3v) is 4.79. The van der Waals surface area contributed by atoms with Gasteiger partial charge in [-0.05, 0) is 42.3 Å². The molecule has 1 fully saturated rings. The van der Waals surface area contributed by atoms with Gasteiger partial charge in [0.05, 0.1) is 6.54 Å². The van der Waals surface area contributed by atoms with E-state index in [9.17, 15) is 14.0 Å². The molecule has 0 radical (unpaired) electrons. The maximum absolute atomic E-state index is 13.0. The van der Waals surface area contributed by atoms with Gasteiger partial charge in [0.1, 0.15) is 5.82 Å². The van der Waals surface area contributed by atoms with Gasteiger partial charge in [0.15, 0.2) is 5.78 Å². The molecule has 2 aromatic carbocycles. The highest BCUT2D eigenvalue weighted by molar-refractivity contribution is 5.97. The molecule has 5 heteroatoms. The number of hydrogen-bond acceptors (Lipinski definition) is 3. The third-order valence-electron chi connectivity index (χ3n) is 4.79. The van der Waals surface area contributed by atoms with Crippen LogP contribution < -0.4 is 0 Å². The van der Waals surface area contributed by atoms with Gasteiger partial charge in [0.2, 0.25) is 5.91 Å². The van der Waals surface area contributed by atoms with Crippen LogP contribution in [0.3, 0.4) is 0 Å². The number of rotatable bonds is 5. The van der Waals surface area contributed by atoms with Crippen molar-refractivity contribution in [2.75, 3.05) is 32.7 Å². The summed E-state index contributed by atoms with van der Waals surface area (Å²) in [6, 6.07) is 15.4. The largest absolute Gasteiger partial charge is 0.337 e. The number of benzene rings is 2. The van der Waals surface area contributed by atoms with Crippen LogP contribution in [0.4, 0.5) is 4.39 Å². The number of halogens is 1. The minimum atomic E-state index is -0.350. The minimum Gasteiger partial charge on any atom is -0.337 e. The Morgan fingerprint density at radius 1 is 0.926 bits per heavy atom. The Bertz CT molecular complexity index is 823. The Morgan fingerprint density at radius 3 is 2.19 bits per heavy atom. The fraction of sp³-hybridized carbons (Fsp3) is 0.273. The first-order chi connectivity index (χ1) is 13.0. The molecule has 0 spiro atoms. The van der Waals surface area contributed by atoms with E-state index in [0.29, 0.717) is 31.7 Å². The highest BCUT2D eigenvalue weighted by atomic mass is 19.1. The number of nitrogens with zero attached hydrogens (tertiary/aromatic N) is 2. The molecule has 140 valence electrons. The van der Waals surface area contributed by atoms with E-state index in [4.69, 9.17) is 0 Å². The maximum Gasteiger partial charge on any atom is 0.246 e. The normalized spacial score (nSPS) is 15.6. The average molecular weight is 366 g/mol. The van der Waals surface area contributed by atoms with Gasteiger partial charge in [-0.1, -0.05) is 30.3 Å². The first kappa shape index (κ1) is 19.0. The van der Waals surface area contributed by atoms with Crippen LogP contribution in [0.15, 0.2) is 60.7 Å². The molecule has 27 heavy (non-hydrogen) atoms. The van der Waals surface area contributed by atoms with Crippen LogP contribution in [0.25, 0.3) is 5.57 Å². The lowest BCUT2D eigenvalue weighted by atomic mass is 10.1. The molecule has 3 rings (SSSR count). The molecular weight excluding hydrogens is 343 g/mol. The second-order valence-electron chi connectivity index (χ2n) is 6.72. The van der Waals surface area contributed by atoms with Crippen molar-refractivity contribution in [3.63, 3.8) is 0 Å². The van der Waals surface area contributed by atoms with Crippen LogP contribution in [0.2, 0.25) is 0 Å². The second kappa shape index (κ2) is 8.73. The first-order valence-electron chi connectivity index (χ1n) is 9.06. The lowest BCUT2D eigenvalue weighted by molar-refractivity contribution is -0.127. The van der Waals surface area contributed by atoms with Crippen molar-refractivity contribution >= 4 is 17.3 Å². The number of piperazine rings is 1. The van der Waals surface area contributed by atoms with E-state index in [2.05, 4.69) is 0 Å². The molecule has 0 saturated carbocycles. The van der Waals surface area contributed by atoms with Crippen molar-refractivity contribution in [3.8, 4) is 0 Å². The molecule has 2 aromatic rings. The Balaban J connectivity index is 1.52.